The lowest BCUT2D eigenvalue weighted by Gasteiger charge is -2.18. The molecule has 0 aliphatic rings. The monoisotopic (exact) mass is 431 g/mol. The number of carbonyl (C=O) groups is 2. The number of halogens is 2. The van der Waals surface area contributed by atoms with Gasteiger partial charge in [0, 0.05) is 5.56 Å². The number of hydrogen-bond acceptors (Lipinski definition) is 7. The molecule has 158 valence electrons. The number of amides is 2. The zero-order valence-corrected chi connectivity index (χ0v) is 16.0. The van der Waals surface area contributed by atoms with Gasteiger partial charge < -0.3 is 20.1 Å². The van der Waals surface area contributed by atoms with Crippen LogP contribution >= 0.6 is 0 Å². The molecule has 0 aliphatic heterocycles. The highest BCUT2D eigenvalue weighted by Gasteiger charge is 2.28. The summed E-state index contributed by atoms with van der Waals surface area (Å²) in [6, 6.07) is 5.36. The Morgan fingerprint density at radius 1 is 1.31 bits per heavy atom. The van der Waals surface area contributed by atoms with Crippen molar-refractivity contribution in [2.75, 3.05) is 18.9 Å². The Hall–Kier alpha value is -3.20. The fourth-order valence-corrected chi connectivity index (χ4v) is 3.71. The van der Waals surface area contributed by atoms with Gasteiger partial charge in [0.15, 0.2) is 9.84 Å². The van der Waals surface area contributed by atoms with Gasteiger partial charge in [0.2, 0.25) is 5.91 Å². The number of alkyl carbamates (subject to hydrolysis) is 1. The third kappa shape index (κ3) is 9.02. The maximum Gasteiger partial charge on any atom is 0.408 e. The maximum atomic E-state index is 12.5. The molecule has 0 spiro atoms. The SMILES string of the molecule is C=CCOC(=O)N[C@@H](CS(=O)(=O)Cc1ccccc1OC(F)F)C(=O)NCC#N. The minimum absolute atomic E-state index is 0.0433. The van der Waals surface area contributed by atoms with Gasteiger partial charge in [-0.3, -0.25) is 4.79 Å². The predicted octanol–water partition coefficient (Wildman–Crippen LogP) is 1.12. The van der Waals surface area contributed by atoms with Crippen molar-refractivity contribution in [2.24, 2.45) is 0 Å². The minimum Gasteiger partial charge on any atom is -0.445 e. The summed E-state index contributed by atoms with van der Waals surface area (Å²) in [6.45, 7) is -0.398. The third-order valence-corrected chi connectivity index (χ3v) is 4.86. The van der Waals surface area contributed by atoms with Gasteiger partial charge in [0.05, 0.1) is 17.6 Å². The lowest BCUT2D eigenvalue weighted by atomic mass is 10.2. The van der Waals surface area contributed by atoms with Crippen LogP contribution in [0.25, 0.3) is 0 Å². The largest absolute Gasteiger partial charge is 0.445 e. The standard InChI is InChI=1S/C17H19F2N3O6S/c1-2-9-27-17(24)22-13(15(23)21-8-7-20)11-29(25,26)10-12-5-3-4-6-14(12)28-16(18)19/h2-6,13,16H,1,8-11H2,(H,21,23)(H,22,24)/t13-/m0/s1. The van der Waals surface area contributed by atoms with E-state index >= 15 is 0 Å². The van der Waals surface area contributed by atoms with E-state index in [2.05, 4.69) is 26.7 Å². The zero-order valence-electron chi connectivity index (χ0n) is 15.1. The third-order valence-electron chi connectivity index (χ3n) is 3.27. The lowest BCUT2D eigenvalue weighted by molar-refractivity contribution is -0.122. The Labute approximate surface area is 166 Å². The van der Waals surface area contributed by atoms with Crippen LogP contribution in [-0.2, 0) is 25.1 Å². The minimum atomic E-state index is -4.09. The van der Waals surface area contributed by atoms with E-state index in [4.69, 9.17) is 5.26 Å². The molecule has 0 heterocycles. The summed E-state index contributed by atoms with van der Waals surface area (Å²) < 4.78 is 59.0. The number of ether oxygens (including phenoxy) is 2. The zero-order chi connectivity index (χ0) is 21.9. The molecule has 0 radical (unpaired) electrons. The summed E-state index contributed by atoms with van der Waals surface area (Å²) in [4.78, 5) is 23.8. The summed E-state index contributed by atoms with van der Waals surface area (Å²) in [7, 11) is -4.09. The molecule has 1 rings (SSSR count). The molecule has 0 saturated carbocycles. The highest BCUT2D eigenvalue weighted by molar-refractivity contribution is 7.90. The lowest BCUT2D eigenvalue weighted by Crippen LogP contribution is -2.50. The fourth-order valence-electron chi connectivity index (χ4n) is 2.14. The van der Waals surface area contributed by atoms with Crippen LogP contribution in [0.4, 0.5) is 13.6 Å². The average Bonchev–Trinajstić information content (AvgIpc) is 2.64. The molecule has 2 N–H and O–H groups in total. The normalized spacial score (nSPS) is 11.8. The summed E-state index contributed by atoms with van der Waals surface area (Å²) >= 11 is 0. The number of hydrogen-bond donors (Lipinski definition) is 2. The van der Waals surface area contributed by atoms with Crippen LogP contribution in [-0.4, -0.2) is 52.0 Å². The molecule has 0 bridgehead atoms. The van der Waals surface area contributed by atoms with E-state index < -0.39 is 52.5 Å². The molecular weight excluding hydrogens is 412 g/mol. The Kier molecular flexibility index (Phi) is 9.54. The van der Waals surface area contributed by atoms with Crippen molar-refractivity contribution in [3.8, 4) is 11.8 Å². The van der Waals surface area contributed by atoms with Crippen LogP contribution in [0.3, 0.4) is 0 Å². The molecule has 1 atom stereocenters. The van der Waals surface area contributed by atoms with Crippen LogP contribution in [0.2, 0.25) is 0 Å². The Morgan fingerprint density at radius 3 is 2.62 bits per heavy atom. The second-order valence-corrected chi connectivity index (χ2v) is 7.61. The first-order chi connectivity index (χ1) is 13.7. The summed E-state index contributed by atoms with van der Waals surface area (Å²) in [5, 5.41) is 12.8. The smallest absolute Gasteiger partial charge is 0.408 e. The molecule has 0 fully saturated rings. The molecule has 1 aromatic carbocycles. The van der Waals surface area contributed by atoms with Crippen molar-refractivity contribution in [2.45, 2.75) is 18.4 Å². The summed E-state index contributed by atoms with van der Waals surface area (Å²) in [5.74, 6) is -2.84. The van der Waals surface area contributed by atoms with Crippen molar-refractivity contribution in [3.63, 3.8) is 0 Å². The highest BCUT2D eigenvalue weighted by atomic mass is 32.2. The number of alkyl halides is 2. The van der Waals surface area contributed by atoms with Gasteiger partial charge in [-0.15, -0.1) is 0 Å². The van der Waals surface area contributed by atoms with E-state index in [1.807, 2.05) is 0 Å². The Balaban J connectivity index is 2.98. The number of rotatable bonds is 11. The van der Waals surface area contributed by atoms with Crippen LogP contribution < -0.4 is 15.4 Å². The molecule has 0 unspecified atom stereocenters. The van der Waals surface area contributed by atoms with Gasteiger partial charge in [0.25, 0.3) is 0 Å². The first kappa shape index (κ1) is 23.8. The van der Waals surface area contributed by atoms with Crippen molar-refractivity contribution in [3.05, 3.63) is 42.5 Å². The number of nitriles is 1. The Bertz CT molecular complexity index is 870. The molecular formula is C17H19F2N3O6S. The second-order valence-electron chi connectivity index (χ2n) is 5.50. The molecule has 12 heteroatoms. The maximum absolute atomic E-state index is 12.5. The van der Waals surface area contributed by atoms with Crippen molar-refractivity contribution < 1.29 is 36.3 Å². The van der Waals surface area contributed by atoms with E-state index in [1.165, 1.54) is 30.3 Å². The van der Waals surface area contributed by atoms with Crippen LogP contribution in [0.1, 0.15) is 5.56 Å². The van der Waals surface area contributed by atoms with Crippen LogP contribution in [0, 0.1) is 11.3 Å². The topological polar surface area (TPSA) is 135 Å². The highest BCUT2D eigenvalue weighted by Crippen LogP contribution is 2.23. The number of carbonyl (C=O) groups excluding carboxylic acids is 2. The van der Waals surface area contributed by atoms with E-state index in [0.29, 0.717) is 0 Å². The van der Waals surface area contributed by atoms with Crippen molar-refractivity contribution >= 4 is 21.8 Å². The first-order valence-electron chi connectivity index (χ1n) is 8.10. The van der Waals surface area contributed by atoms with E-state index in [0.717, 1.165) is 0 Å². The van der Waals surface area contributed by atoms with Gasteiger partial charge in [-0.1, -0.05) is 30.9 Å². The number of nitrogens with one attached hydrogen (secondary N) is 2. The number of nitrogens with zero attached hydrogens (tertiary/aromatic N) is 1. The second kappa shape index (κ2) is 11.6. The van der Waals surface area contributed by atoms with Gasteiger partial charge in [0.1, 0.15) is 24.9 Å². The molecule has 29 heavy (non-hydrogen) atoms. The van der Waals surface area contributed by atoms with E-state index in [9.17, 15) is 26.8 Å². The molecule has 9 nitrogen and oxygen atoms in total. The fraction of sp³-hybridized carbons (Fsp3) is 0.353. The van der Waals surface area contributed by atoms with E-state index in [-0.39, 0.29) is 17.9 Å². The average molecular weight is 431 g/mol. The van der Waals surface area contributed by atoms with Crippen molar-refractivity contribution in [1.82, 2.24) is 10.6 Å². The number of para-hydroxylation sites is 1. The van der Waals surface area contributed by atoms with Gasteiger partial charge >= 0.3 is 12.7 Å². The molecule has 0 aliphatic carbocycles. The summed E-state index contributed by atoms with van der Waals surface area (Å²) in [6.07, 6.45) is 0.194. The van der Waals surface area contributed by atoms with Gasteiger partial charge in [-0.2, -0.15) is 14.0 Å². The summed E-state index contributed by atoms with van der Waals surface area (Å²) in [5.41, 5.74) is -0.0433. The first-order valence-corrected chi connectivity index (χ1v) is 9.92. The predicted molar refractivity (Wildman–Crippen MR) is 97.7 cm³/mol. The number of benzene rings is 1. The van der Waals surface area contributed by atoms with Crippen LogP contribution in [0.5, 0.6) is 5.75 Å². The molecule has 2 amide bonds. The van der Waals surface area contributed by atoms with Gasteiger partial charge in [-0.05, 0) is 6.07 Å². The van der Waals surface area contributed by atoms with E-state index in [1.54, 1.807) is 6.07 Å². The van der Waals surface area contributed by atoms with Crippen molar-refractivity contribution in [1.29, 1.82) is 5.26 Å². The quantitative estimate of drug-likeness (QED) is 0.396. The van der Waals surface area contributed by atoms with Gasteiger partial charge in [-0.25, -0.2) is 13.2 Å². The number of sulfone groups is 1. The Morgan fingerprint density at radius 2 is 2.00 bits per heavy atom. The molecule has 0 aromatic heterocycles. The molecule has 0 saturated heterocycles. The van der Waals surface area contributed by atoms with Crippen LogP contribution in [0.15, 0.2) is 36.9 Å². The molecule has 1 aromatic rings.